The van der Waals surface area contributed by atoms with Crippen molar-refractivity contribution in [2.24, 2.45) is 0 Å². The predicted octanol–water partition coefficient (Wildman–Crippen LogP) is 13.3. The summed E-state index contributed by atoms with van der Waals surface area (Å²) >= 11 is 0. The Morgan fingerprint density at radius 2 is 0.804 bits per heavy atom. The Morgan fingerprint density at radius 1 is 0.304 bits per heavy atom. The van der Waals surface area contributed by atoms with Crippen molar-refractivity contribution in [3.05, 3.63) is 206 Å². The third-order valence-electron chi connectivity index (χ3n) is 11.0. The number of pyridine rings is 2. The maximum absolute atomic E-state index is 5.19. The van der Waals surface area contributed by atoms with Gasteiger partial charge in [-0.25, -0.2) is 9.97 Å². The maximum Gasteiger partial charge on any atom is 0.145 e. The molecule has 0 N–H and O–H groups in total. The highest BCUT2D eigenvalue weighted by atomic mass is 15.0. The number of hydrogen-bond acceptors (Lipinski definition) is 2. The quantitative estimate of drug-likeness (QED) is 0.172. The number of fused-ring (bicyclic) bond motifs is 6. The van der Waals surface area contributed by atoms with Crippen LogP contribution in [0.5, 0.6) is 0 Å². The molecular weight excluding hydrogens is 681 g/mol. The van der Waals surface area contributed by atoms with Gasteiger partial charge in [0.15, 0.2) is 0 Å². The lowest BCUT2D eigenvalue weighted by atomic mass is 10.00. The number of para-hydroxylation sites is 2. The fraction of sp³-hybridized carbons (Fsp3) is 0. The van der Waals surface area contributed by atoms with Gasteiger partial charge in [-0.2, -0.15) is 0 Å². The first-order valence-electron chi connectivity index (χ1n) is 19.0. The van der Waals surface area contributed by atoms with E-state index in [1.165, 1.54) is 27.2 Å². The minimum atomic E-state index is 0.944. The second kappa shape index (κ2) is 13.1. The van der Waals surface area contributed by atoms with Crippen molar-refractivity contribution in [3.8, 4) is 56.1 Å². The zero-order chi connectivity index (χ0) is 37.0. The third kappa shape index (κ3) is 5.31. The van der Waals surface area contributed by atoms with Gasteiger partial charge in [0, 0.05) is 50.2 Å². The third-order valence-corrected chi connectivity index (χ3v) is 11.0. The average molecular weight is 715 g/mol. The Labute approximate surface area is 324 Å². The summed E-state index contributed by atoms with van der Waals surface area (Å²) in [5, 5.41) is 4.79. The van der Waals surface area contributed by atoms with E-state index in [0.717, 1.165) is 72.6 Å². The van der Waals surface area contributed by atoms with Crippen LogP contribution < -0.4 is 0 Å². The van der Waals surface area contributed by atoms with Crippen molar-refractivity contribution in [1.29, 1.82) is 0 Å². The first-order chi connectivity index (χ1) is 27.8. The highest BCUT2D eigenvalue weighted by Crippen LogP contribution is 2.38. The summed E-state index contributed by atoms with van der Waals surface area (Å²) in [6.07, 6.45) is 1.88. The average Bonchev–Trinajstić information content (AvgIpc) is 3.79. The molecule has 0 amide bonds. The van der Waals surface area contributed by atoms with Crippen LogP contribution in [0.2, 0.25) is 0 Å². The molecule has 0 radical (unpaired) electrons. The molecule has 7 aromatic carbocycles. The van der Waals surface area contributed by atoms with Crippen LogP contribution in [0.1, 0.15) is 0 Å². The van der Waals surface area contributed by atoms with Crippen LogP contribution in [0.4, 0.5) is 0 Å². The minimum absolute atomic E-state index is 0.944. The first-order valence-corrected chi connectivity index (χ1v) is 19.0. The van der Waals surface area contributed by atoms with E-state index in [4.69, 9.17) is 9.97 Å². The molecule has 56 heavy (non-hydrogen) atoms. The molecule has 4 aromatic heterocycles. The zero-order valence-corrected chi connectivity index (χ0v) is 30.4. The Bertz CT molecular complexity index is 3160. The van der Waals surface area contributed by atoms with Gasteiger partial charge in [0.25, 0.3) is 0 Å². The van der Waals surface area contributed by atoms with Gasteiger partial charge < -0.3 is 4.57 Å². The standard InChI is InChI=1S/C52H34N4/c1-4-13-35(14-5-1)40-31-47(36-15-6-2-7-16-36)54-48(32-40)37-22-26-42(27-23-37)55-49-21-11-10-19-43(49)44-28-24-38(33-50(44)55)39-25-29-45-46-20-12-30-53-52(46)56(51(45)34-39)41-17-8-3-9-18-41/h1-34H. The van der Waals surface area contributed by atoms with E-state index >= 15 is 0 Å². The maximum atomic E-state index is 5.19. The lowest BCUT2D eigenvalue weighted by Crippen LogP contribution is -1.95. The first kappa shape index (κ1) is 31.9. The number of benzene rings is 7. The van der Waals surface area contributed by atoms with Gasteiger partial charge in [-0.1, -0.05) is 133 Å². The molecular formula is C52H34N4. The normalized spacial score (nSPS) is 11.6. The molecule has 0 spiro atoms. The van der Waals surface area contributed by atoms with E-state index in [1.54, 1.807) is 0 Å². The summed E-state index contributed by atoms with van der Waals surface area (Å²) in [7, 11) is 0. The molecule has 0 saturated heterocycles. The summed E-state index contributed by atoms with van der Waals surface area (Å²) < 4.78 is 4.67. The molecule has 0 unspecified atom stereocenters. The Morgan fingerprint density at radius 3 is 1.50 bits per heavy atom. The van der Waals surface area contributed by atoms with Gasteiger partial charge in [0.05, 0.1) is 27.9 Å². The molecule has 0 aliphatic carbocycles. The van der Waals surface area contributed by atoms with E-state index in [-0.39, 0.29) is 0 Å². The Kier molecular flexibility index (Phi) is 7.46. The van der Waals surface area contributed by atoms with Gasteiger partial charge >= 0.3 is 0 Å². The van der Waals surface area contributed by atoms with Crippen molar-refractivity contribution < 1.29 is 0 Å². The molecule has 262 valence electrons. The number of rotatable bonds is 6. The molecule has 0 fully saturated rings. The van der Waals surface area contributed by atoms with Crippen molar-refractivity contribution in [2.45, 2.75) is 0 Å². The van der Waals surface area contributed by atoms with Crippen molar-refractivity contribution in [3.63, 3.8) is 0 Å². The summed E-state index contributed by atoms with van der Waals surface area (Å²) in [5.41, 5.74) is 15.3. The van der Waals surface area contributed by atoms with E-state index in [0.29, 0.717) is 0 Å². The van der Waals surface area contributed by atoms with E-state index in [1.807, 2.05) is 18.3 Å². The molecule has 0 aliphatic rings. The Hall–Kier alpha value is -7.56. The highest BCUT2D eigenvalue weighted by molar-refractivity contribution is 6.11. The second-order valence-electron chi connectivity index (χ2n) is 14.3. The van der Waals surface area contributed by atoms with Crippen molar-refractivity contribution >= 4 is 43.7 Å². The Balaban J connectivity index is 1.04. The smallest absolute Gasteiger partial charge is 0.145 e. The van der Waals surface area contributed by atoms with Crippen LogP contribution in [0.25, 0.3) is 99.9 Å². The van der Waals surface area contributed by atoms with Crippen LogP contribution in [0.15, 0.2) is 206 Å². The van der Waals surface area contributed by atoms with E-state index in [9.17, 15) is 0 Å². The summed E-state index contributed by atoms with van der Waals surface area (Å²) in [6, 6.07) is 71.3. The number of nitrogens with zero attached hydrogens (tertiary/aromatic N) is 4. The number of aromatic nitrogens is 4. The zero-order valence-electron chi connectivity index (χ0n) is 30.4. The summed E-state index contributed by atoms with van der Waals surface area (Å²) in [4.78, 5) is 10.0. The molecule has 11 rings (SSSR count). The van der Waals surface area contributed by atoms with Gasteiger partial charge in [-0.05, 0) is 89.0 Å². The molecule has 0 aliphatic heterocycles. The summed E-state index contributed by atoms with van der Waals surface area (Å²) in [6.45, 7) is 0. The summed E-state index contributed by atoms with van der Waals surface area (Å²) in [5.74, 6) is 0. The molecule has 4 heteroatoms. The largest absolute Gasteiger partial charge is 0.309 e. The lowest BCUT2D eigenvalue weighted by molar-refractivity contribution is 1.14. The van der Waals surface area contributed by atoms with Crippen molar-refractivity contribution in [1.82, 2.24) is 19.1 Å². The van der Waals surface area contributed by atoms with Crippen LogP contribution in [0.3, 0.4) is 0 Å². The van der Waals surface area contributed by atoms with Gasteiger partial charge in [0.1, 0.15) is 5.65 Å². The van der Waals surface area contributed by atoms with Gasteiger partial charge in [0.2, 0.25) is 0 Å². The minimum Gasteiger partial charge on any atom is -0.309 e. The van der Waals surface area contributed by atoms with E-state index < -0.39 is 0 Å². The highest BCUT2D eigenvalue weighted by Gasteiger charge is 2.17. The SMILES string of the molecule is c1ccc(-c2cc(-c3ccccc3)nc(-c3ccc(-n4c5ccccc5c5ccc(-c6ccc7c8cccnc8n(-c8ccccc8)c7c6)cc54)cc3)c2)cc1. The molecule has 0 saturated carbocycles. The molecule has 0 atom stereocenters. The van der Waals surface area contributed by atoms with Crippen LogP contribution in [-0.2, 0) is 0 Å². The molecule has 11 aromatic rings. The fourth-order valence-corrected chi connectivity index (χ4v) is 8.30. The predicted molar refractivity (Wildman–Crippen MR) is 232 cm³/mol. The van der Waals surface area contributed by atoms with Crippen LogP contribution in [0, 0.1) is 0 Å². The van der Waals surface area contributed by atoms with Gasteiger partial charge in [-0.3, -0.25) is 4.57 Å². The van der Waals surface area contributed by atoms with Gasteiger partial charge in [-0.15, -0.1) is 0 Å². The fourth-order valence-electron chi connectivity index (χ4n) is 8.30. The van der Waals surface area contributed by atoms with Crippen LogP contribution >= 0.6 is 0 Å². The monoisotopic (exact) mass is 714 g/mol. The lowest BCUT2D eigenvalue weighted by Gasteiger charge is -2.12. The van der Waals surface area contributed by atoms with E-state index in [2.05, 4.69) is 197 Å². The van der Waals surface area contributed by atoms with Crippen molar-refractivity contribution in [2.75, 3.05) is 0 Å². The molecule has 0 bridgehead atoms. The van der Waals surface area contributed by atoms with Crippen LogP contribution in [-0.4, -0.2) is 19.1 Å². The topological polar surface area (TPSA) is 35.6 Å². The molecule has 4 nitrogen and oxygen atoms in total. The second-order valence-corrected chi connectivity index (χ2v) is 14.3. The molecule has 4 heterocycles. The number of hydrogen-bond donors (Lipinski definition) is 0.